The van der Waals surface area contributed by atoms with Gasteiger partial charge in [-0.05, 0) is 24.6 Å². The van der Waals surface area contributed by atoms with Crippen molar-refractivity contribution in [1.82, 2.24) is 9.97 Å². The van der Waals surface area contributed by atoms with Gasteiger partial charge in [-0.1, -0.05) is 58.4 Å². The van der Waals surface area contributed by atoms with Crippen LogP contribution >= 0.6 is 15.9 Å². The van der Waals surface area contributed by atoms with E-state index in [1.165, 1.54) is 6.07 Å². The van der Waals surface area contributed by atoms with Crippen LogP contribution in [0.15, 0.2) is 75.0 Å². The first-order chi connectivity index (χ1) is 11.6. The van der Waals surface area contributed by atoms with Crippen molar-refractivity contribution in [2.24, 2.45) is 5.10 Å². The van der Waals surface area contributed by atoms with Gasteiger partial charge in [0.2, 0.25) is 5.95 Å². The summed E-state index contributed by atoms with van der Waals surface area (Å²) in [6, 6.07) is 18.8. The highest BCUT2D eigenvalue weighted by atomic mass is 79.9. The average molecular weight is 383 g/mol. The molecule has 5 nitrogen and oxygen atoms in total. The van der Waals surface area contributed by atoms with Crippen LogP contribution in [0.4, 0.5) is 5.95 Å². The lowest BCUT2D eigenvalue weighted by Gasteiger charge is -2.05. The molecule has 0 bridgehead atoms. The number of halogens is 1. The van der Waals surface area contributed by atoms with Gasteiger partial charge in [0.25, 0.3) is 5.56 Å². The number of benzene rings is 2. The molecule has 2 N–H and O–H groups in total. The molecule has 0 saturated carbocycles. The zero-order valence-corrected chi connectivity index (χ0v) is 14.5. The molecule has 0 aliphatic carbocycles. The van der Waals surface area contributed by atoms with Crippen LogP contribution in [-0.2, 0) is 0 Å². The monoisotopic (exact) mass is 382 g/mol. The Kier molecular flexibility index (Phi) is 4.86. The minimum absolute atomic E-state index is 0.233. The number of anilines is 1. The van der Waals surface area contributed by atoms with Crippen molar-refractivity contribution >= 4 is 27.6 Å². The number of aromatic amines is 1. The fraction of sp³-hybridized carbons (Fsp3) is 0.0556. The summed E-state index contributed by atoms with van der Waals surface area (Å²) in [4.78, 5) is 18.9. The van der Waals surface area contributed by atoms with Gasteiger partial charge in [0, 0.05) is 16.1 Å². The fourth-order valence-electron chi connectivity index (χ4n) is 2.16. The van der Waals surface area contributed by atoms with Gasteiger partial charge in [-0.3, -0.25) is 9.78 Å². The van der Waals surface area contributed by atoms with E-state index < -0.39 is 0 Å². The minimum atomic E-state index is -0.233. The van der Waals surface area contributed by atoms with Gasteiger partial charge in [-0.2, -0.15) is 5.10 Å². The summed E-state index contributed by atoms with van der Waals surface area (Å²) in [6.45, 7) is 1.88. The SMILES string of the molecule is CC(=NNc1nc(-c2ccccc2)cc(=O)[nH]1)c1ccc(Br)cc1. The van der Waals surface area contributed by atoms with E-state index in [1.807, 2.05) is 61.5 Å². The molecule has 0 unspecified atom stereocenters. The molecule has 0 saturated heterocycles. The molecule has 0 spiro atoms. The van der Waals surface area contributed by atoms with Gasteiger partial charge in [0.1, 0.15) is 0 Å². The highest BCUT2D eigenvalue weighted by Gasteiger charge is 2.04. The Morgan fingerprint density at radius 1 is 1.12 bits per heavy atom. The van der Waals surface area contributed by atoms with Crippen molar-refractivity contribution in [3.63, 3.8) is 0 Å². The first-order valence-electron chi connectivity index (χ1n) is 7.35. The second kappa shape index (κ2) is 7.23. The van der Waals surface area contributed by atoms with Crippen molar-refractivity contribution in [2.45, 2.75) is 6.92 Å². The first-order valence-corrected chi connectivity index (χ1v) is 8.14. The maximum absolute atomic E-state index is 11.8. The molecule has 0 amide bonds. The third-order valence-corrected chi connectivity index (χ3v) is 3.93. The Morgan fingerprint density at radius 2 is 1.83 bits per heavy atom. The molecule has 0 radical (unpaired) electrons. The van der Waals surface area contributed by atoms with E-state index in [2.05, 4.69) is 36.4 Å². The number of rotatable bonds is 4. The first kappa shape index (κ1) is 16.1. The highest BCUT2D eigenvalue weighted by Crippen LogP contribution is 2.15. The maximum atomic E-state index is 11.8. The second-order valence-corrected chi connectivity index (χ2v) is 6.08. The van der Waals surface area contributed by atoms with Crippen molar-refractivity contribution < 1.29 is 0 Å². The third kappa shape index (κ3) is 3.97. The smallest absolute Gasteiger partial charge is 0.252 e. The highest BCUT2D eigenvalue weighted by molar-refractivity contribution is 9.10. The molecule has 120 valence electrons. The number of H-pyrrole nitrogens is 1. The summed E-state index contributed by atoms with van der Waals surface area (Å²) >= 11 is 3.40. The molecule has 24 heavy (non-hydrogen) atoms. The molecule has 3 rings (SSSR count). The summed E-state index contributed by atoms with van der Waals surface area (Å²) in [5.41, 5.74) is 5.82. The summed E-state index contributed by atoms with van der Waals surface area (Å²) in [7, 11) is 0. The average Bonchev–Trinajstić information content (AvgIpc) is 2.60. The Labute approximate surface area is 147 Å². The Hall–Kier alpha value is -2.73. The van der Waals surface area contributed by atoms with Crippen molar-refractivity contribution in [1.29, 1.82) is 0 Å². The molecule has 0 fully saturated rings. The molecule has 1 aromatic heterocycles. The number of hydrazone groups is 1. The zero-order valence-electron chi connectivity index (χ0n) is 13.0. The van der Waals surface area contributed by atoms with E-state index in [4.69, 9.17) is 0 Å². The van der Waals surface area contributed by atoms with E-state index in [1.54, 1.807) is 0 Å². The Balaban J connectivity index is 1.85. The maximum Gasteiger partial charge on any atom is 0.252 e. The lowest BCUT2D eigenvalue weighted by atomic mass is 10.1. The van der Waals surface area contributed by atoms with Gasteiger partial charge in [0.15, 0.2) is 0 Å². The number of hydrogen-bond acceptors (Lipinski definition) is 4. The standard InChI is InChI=1S/C18H15BrN4O/c1-12(13-7-9-15(19)10-8-13)22-23-18-20-16(11-17(24)21-18)14-5-3-2-4-6-14/h2-11H,1H3,(H2,20,21,23,24). The van der Waals surface area contributed by atoms with Crippen LogP contribution in [0.1, 0.15) is 12.5 Å². The van der Waals surface area contributed by atoms with Crippen LogP contribution in [0, 0.1) is 0 Å². The lowest BCUT2D eigenvalue weighted by Crippen LogP contribution is -2.11. The molecular weight excluding hydrogens is 368 g/mol. The van der Waals surface area contributed by atoms with Crippen molar-refractivity contribution in [2.75, 3.05) is 5.43 Å². The van der Waals surface area contributed by atoms with Crippen LogP contribution in [0.25, 0.3) is 11.3 Å². The van der Waals surface area contributed by atoms with Crippen LogP contribution in [0.3, 0.4) is 0 Å². The Morgan fingerprint density at radius 3 is 2.54 bits per heavy atom. The predicted octanol–water partition coefficient (Wildman–Crippen LogP) is 4.04. The summed E-state index contributed by atoms with van der Waals surface area (Å²) in [5.74, 6) is 0.304. The van der Waals surface area contributed by atoms with Gasteiger partial charge in [-0.25, -0.2) is 10.4 Å². The molecule has 0 aliphatic rings. The molecule has 2 aromatic carbocycles. The Bertz CT molecular complexity index is 918. The summed E-state index contributed by atoms with van der Waals surface area (Å²) in [6.07, 6.45) is 0. The van der Waals surface area contributed by atoms with Gasteiger partial charge in [0.05, 0.1) is 11.4 Å². The minimum Gasteiger partial charge on any atom is -0.291 e. The van der Waals surface area contributed by atoms with Gasteiger partial charge in [-0.15, -0.1) is 0 Å². The van der Waals surface area contributed by atoms with Crippen LogP contribution in [-0.4, -0.2) is 15.7 Å². The number of nitrogens with one attached hydrogen (secondary N) is 2. The van der Waals surface area contributed by atoms with Crippen LogP contribution < -0.4 is 11.0 Å². The molecule has 3 aromatic rings. The topological polar surface area (TPSA) is 70.1 Å². The zero-order chi connectivity index (χ0) is 16.9. The van der Waals surface area contributed by atoms with Crippen LogP contribution in [0.5, 0.6) is 0 Å². The lowest BCUT2D eigenvalue weighted by molar-refractivity contribution is 1.08. The largest absolute Gasteiger partial charge is 0.291 e. The molecule has 0 aliphatic heterocycles. The van der Waals surface area contributed by atoms with Crippen molar-refractivity contribution in [3.8, 4) is 11.3 Å². The number of nitrogens with zero attached hydrogens (tertiary/aromatic N) is 2. The van der Waals surface area contributed by atoms with Gasteiger partial charge >= 0.3 is 0 Å². The quantitative estimate of drug-likeness (QED) is 0.528. The van der Waals surface area contributed by atoms with E-state index in [9.17, 15) is 4.79 Å². The second-order valence-electron chi connectivity index (χ2n) is 5.16. The molecule has 0 atom stereocenters. The molecule has 1 heterocycles. The predicted molar refractivity (Wildman–Crippen MR) is 100 cm³/mol. The summed E-state index contributed by atoms with van der Waals surface area (Å²) in [5, 5.41) is 4.29. The van der Waals surface area contributed by atoms with E-state index in [-0.39, 0.29) is 5.56 Å². The van der Waals surface area contributed by atoms with E-state index >= 15 is 0 Å². The van der Waals surface area contributed by atoms with Crippen LogP contribution in [0.2, 0.25) is 0 Å². The molecular formula is C18H15BrN4O. The molecule has 6 heteroatoms. The number of aromatic nitrogens is 2. The van der Waals surface area contributed by atoms with Gasteiger partial charge < -0.3 is 0 Å². The van der Waals surface area contributed by atoms with E-state index in [0.717, 1.165) is 21.3 Å². The van der Waals surface area contributed by atoms with Crippen molar-refractivity contribution in [3.05, 3.63) is 81.1 Å². The van der Waals surface area contributed by atoms with E-state index in [0.29, 0.717) is 11.6 Å². The third-order valence-electron chi connectivity index (χ3n) is 3.40. The number of hydrogen-bond donors (Lipinski definition) is 2. The summed E-state index contributed by atoms with van der Waals surface area (Å²) < 4.78 is 1.01. The fourth-order valence-corrected chi connectivity index (χ4v) is 2.42. The normalized spacial score (nSPS) is 11.3.